The van der Waals surface area contributed by atoms with E-state index in [1.54, 1.807) is 29.2 Å². The van der Waals surface area contributed by atoms with Gasteiger partial charge in [0.05, 0.1) is 19.2 Å². The van der Waals surface area contributed by atoms with Gasteiger partial charge in [0.25, 0.3) is 5.91 Å². The highest BCUT2D eigenvalue weighted by atomic mass is 16.5. The van der Waals surface area contributed by atoms with Crippen LogP contribution in [0, 0.1) is 23.2 Å². The first-order valence-corrected chi connectivity index (χ1v) is 11.7. The van der Waals surface area contributed by atoms with Crippen molar-refractivity contribution >= 4 is 23.4 Å². The number of hydrogen-bond acceptors (Lipinski definition) is 4. The Kier molecular flexibility index (Phi) is 5.06. The number of ether oxygens (including phenoxy) is 1. The number of nitrogens with zero attached hydrogens (tertiary/aromatic N) is 2. The van der Waals surface area contributed by atoms with Crippen LogP contribution in [0.3, 0.4) is 0 Å². The monoisotopic (exact) mass is 424 g/mol. The first kappa shape index (κ1) is 20.5. The molecule has 1 aromatic carbocycles. The molecule has 4 aliphatic carbocycles. The Hall–Kier alpha value is -2.37. The number of benzene rings is 1. The summed E-state index contributed by atoms with van der Waals surface area (Å²) in [6, 6.07) is 6.31. The summed E-state index contributed by atoms with van der Waals surface area (Å²) in [5.74, 6) is 2.31. The number of para-hydroxylation sites is 2. The normalized spacial score (nSPS) is 33.8. The molecule has 5 fully saturated rings. The van der Waals surface area contributed by atoms with Gasteiger partial charge >= 0.3 is 0 Å². The average molecular weight is 425 g/mol. The zero-order valence-corrected chi connectivity index (χ0v) is 18.5. The first-order valence-electron chi connectivity index (χ1n) is 11.7. The maximum Gasteiger partial charge on any atom is 0.257 e. The third-order valence-corrected chi connectivity index (χ3v) is 8.28. The molecule has 1 aromatic rings. The smallest absolute Gasteiger partial charge is 0.257 e. The Labute approximate surface area is 183 Å². The number of imide groups is 1. The highest BCUT2D eigenvalue weighted by Crippen LogP contribution is 2.61. The maximum absolute atomic E-state index is 13.3. The van der Waals surface area contributed by atoms with Crippen molar-refractivity contribution in [2.45, 2.75) is 64.3 Å². The lowest BCUT2D eigenvalue weighted by Crippen LogP contribution is -2.50. The molecule has 1 saturated heterocycles. The minimum atomic E-state index is -0.719. The number of anilines is 1. The van der Waals surface area contributed by atoms with Crippen molar-refractivity contribution in [1.29, 1.82) is 0 Å². The number of hydrogen-bond donors (Lipinski definition) is 0. The summed E-state index contributed by atoms with van der Waals surface area (Å²) in [6.45, 7) is 2.08. The van der Waals surface area contributed by atoms with Gasteiger partial charge < -0.3 is 9.64 Å². The van der Waals surface area contributed by atoms with Crippen LogP contribution in [0.4, 0.5) is 5.69 Å². The maximum atomic E-state index is 13.3. The van der Waals surface area contributed by atoms with Crippen molar-refractivity contribution in [1.82, 2.24) is 4.90 Å². The van der Waals surface area contributed by atoms with Gasteiger partial charge in [-0.1, -0.05) is 12.1 Å². The lowest BCUT2D eigenvalue weighted by molar-refractivity contribution is -0.138. The van der Waals surface area contributed by atoms with E-state index in [4.69, 9.17) is 4.74 Å². The summed E-state index contributed by atoms with van der Waals surface area (Å²) in [5, 5.41) is 0. The van der Waals surface area contributed by atoms with Gasteiger partial charge in [-0.25, -0.2) is 4.90 Å². The molecule has 0 unspecified atom stereocenters. The number of rotatable bonds is 6. The highest BCUT2D eigenvalue weighted by Gasteiger charge is 2.51. The van der Waals surface area contributed by atoms with E-state index in [2.05, 4.69) is 0 Å². The molecule has 5 aliphatic rings. The molecule has 1 aliphatic heterocycles. The summed E-state index contributed by atoms with van der Waals surface area (Å²) >= 11 is 0. The predicted octanol–water partition coefficient (Wildman–Crippen LogP) is 3.78. The van der Waals surface area contributed by atoms with E-state index in [9.17, 15) is 14.4 Å². The molecule has 0 aromatic heterocycles. The molecule has 1 atom stereocenters. The van der Waals surface area contributed by atoms with Crippen molar-refractivity contribution in [2.75, 3.05) is 18.6 Å². The minimum absolute atomic E-state index is 0.0390. The molecular weight excluding hydrogens is 392 g/mol. The van der Waals surface area contributed by atoms with Crippen molar-refractivity contribution in [2.24, 2.45) is 23.2 Å². The third kappa shape index (κ3) is 3.54. The summed E-state index contributed by atoms with van der Waals surface area (Å²) < 4.78 is 5.36. The number of methoxy groups -OCH3 is 1. The van der Waals surface area contributed by atoms with Gasteiger partial charge in [-0.3, -0.25) is 14.4 Å². The second-order valence-corrected chi connectivity index (χ2v) is 10.3. The van der Waals surface area contributed by atoms with Gasteiger partial charge in [-0.2, -0.15) is 0 Å². The Balaban J connectivity index is 1.33. The quantitative estimate of drug-likeness (QED) is 0.652. The third-order valence-electron chi connectivity index (χ3n) is 8.28. The molecule has 31 heavy (non-hydrogen) atoms. The molecule has 1 heterocycles. The van der Waals surface area contributed by atoms with E-state index in [-0.39, 0.29) is 24.1 Å². The second kappa shape index (κ2) is 7.64. The molecule has 6 rings (SSSR count). The van der Waals surface area contributed by atoms with Crippen LogP contribution >= 0.6 is 0 Å². The molecule has 4 bridgehead atoms. The zero-order chi connectivity index (χ0) is 21.8. The van der Waals surface area contributed by atoms with Gasteiger partial charge in [0.15, 0.2) is 0 Å². The molecule has 166 valence electrons. The van der Waals surface area contributed by atoms with Crippen molar-refractivity contribution in [3.63, 3.8) is 0 Å². The van der Waals surface area contributed by atoms with Crippen molar-refractivity contribution in [3.05, 3.63) is 24.3 Å². The van der Waals surface area contributed by atoms with Crippen LogP contribution in [0.25, 0.3) is 0 Å². The molecule has 0 spiro atoms. The van der Waals surface area contributed by atoms with E-state index in [0.29, 0.717) is 23.4 Å². The van der Waals surface area contributed by atoms with Gasteiger partial charge in [0, 0.05) is 13.5 Å². The van der Waals surface area contributed by atoms with Crippen LogP contribution in [0.2, 0.25) is 0 Å². The van der Waals surface area contributed by atoms with Crippen molar-refractivity contribution < 1.29 is 19.1 Å². The molecule has 6 heteroatoms. The Morgan fingerprint density at radius 2 is 1.71 bits per heavy atom. The summed E-state index contributed by atoms with van der Waals surface area (Å²) in [6.07, 6.45) is 8.97. The molecule has 3 amide bonds. The van der Waals surface area contributed by atoms with E-state index >= 15 is 0 Å². The van der Waals surface area contributed by atoms with E-state index < -0.39 is 6.04 Å². The fourth-order valence-electron chi connectivity index (χ4n) is 7.41. The van der Waals surface area contributed by atoms with Crippen LogP contribution in [-0.2, 0) is 14.4 Å². The number of carbonyl (C=O) groups is 3. The fraction of sp³-hybridized carbons (Fsp3) is 0.640. The Morgan fingerprint density at radius 1 is 1.10 bits per heavy atom. The average Bonchev–Trinajstić information content (AvgIpc) is 3.00. The molecule has 4 saturated carbocycles. The number of carbonyl (C=O) groups excluding carboxylic acids is 3. The first-order chi connectivity index (χ1) is 14.9. The van der Waals surface area contributed by atoms with Crippen LogP contribution < -0.4 is 9.64 Å². The van der Waals surface area contributed by atoms with Gasteiger partial charge in [-0.15, -0.1) is 0 Å². The Bertz CT molecular complexity index is 875. The zero-order valence-electron chi connectivity index (χ0n) is 18.5. The van der Waals surface area contributed by atoms with Gasteiger partial charge in [0.2, 0.25) is 11.8 Å². The second-order valence-electron chi connectivity index (χ2n) is 10.3. The predicted molar refractivity (Wildman–Crippen MR) is 117 cm³/mol. The van der Waals surface area contributed by atoms with E-state index in [0.717, 1.165) is 24.2 Å². The number of amides is 3. The van der Waals surface area contributed by atoms with Gasteiger partial charge in [-0.05, 0) is 80.2 Å². The topological polar surface area (TPSA) is 66.9 Å². The SMILES string of the molecule is COc1ccccc1N1C(=O)C[C@H](N(CCC23CC4CC(CC(C4)C2)C3)C(C)=O)C1=O. The van der Waals surface area contributed by atoms with E-state index in [1.807, 2.05) is 0 Å². The Morgan fingerprint density at radius 3 is 2.29 bits per heavy atom. The summed E-state index contributed by atoms with van der Waals surface area (Å²) in [7, 11) is 1.52. The van der Waals surface area contributed by atoms with Crippen LogP contribution in [-0.4, -0.2) is 42.3 Å². The fourth-order valence-corrected chi connectivity index (χ4v) is 7.41. The largest absolute Gasteiger partial charge is 0.495 e. The standard InChI is InChI=1S/C25H32N2O4/c1-16(28)26(8-7-25-13-17-9-18(14-25)11-19(10-17)15-25)21-12-23(29)27(24(21)30)20-5-3-4-6-22(20)31-2/h3-6,17-19,21H,7-15H2,1-2H3/t17?,18?,19?,21-,25?/m0/s1. The molecule has 0 radical (unpaired) electrons. The van der Waals surface area contributed by atoms with Crippen molar-refractivity contribution in [3.8, 4) is 5.75 Å². The van der Waals surface area contributed by atoms with E-state index in [1.165, 1.54) is 57.5 Å². The summed E-state index contributed by atoms with van der Waals surface area (Å²) in [4.78, 5) is 41.6. The van der Waals surface area contributed by atoms with Crippen LogP contribution in [0.1, 0.15) is 58.3 Å². The minimum Gasteiger partial charge on any atom is -0.495 e. The molecule has 0 N–H and O–H groups in total. The lowest BCUT2D eigenvalue weighted by Gasteiger charge is -2.57. The van der Waals surface area contributed by atoms with Crippen LogP contribution in [0.15, 0.2) is 24.3 Å². The lowest BCUT2D eigenvalue weighted by atomic mass is 9.49. The molecule has 6 nitrogen and oxygen atoms in total. The summed E-state index contributed by atoms with van der Waals surface area (Å²) in [5.41, 5.74) is 0.781. The van der Waals surface area contributed by atoms with Crippen LogP contribution in [0.5, 0.6) is 5.75 Å². The highest BCUT2D eigenvalue weighted by molar-refractivity contribution is 6.23. The van der Waals surface area contributed by atoms with Gasteiger partial charge in [0.1, 0.15) is 11.8 Å². The molecular formula is C25H32N2O4.